The SMILES string of the molecule is C/C=C/[C@@H]1C[C@H]1CS(=O)O. The second kappa shape index (κ2) is 3.30. The van der Waals surface area contributed by atoms with Crippen LogP contribution in [0.3, 0.4) is 0 Å². The van der Waals surface area contributed by atoms with Crippen LogP contribution >= 0.6 is 0 Å². The molecule has 0 heterocycles. The molecule has 0 aromatic carbocycles. The van der Waals surface area contributed by atoms with Crippen LogP contribution in [-0.2, 0) is 11.1 Å². The smallest absolute Gasteiger partial charge is 0.153 e. The highest BCUT2D eigenvalue weighted by atomic mass is 32.2. The van der Waals surface area contributed by atoms with Crippen molar-refractivity contribution in [1.29, 1.82) is 0 Å². The van der Waals surface area contributed by atoms with Crippen LogP contribution in [0, 0.1) is 11.8 Å². The average molecular weight is 160 g/mol. The maximum Gasteiger partial charge on any atom is 0.153 e. The van der Waals surface area contributed by atoms with Crippen LogP contribution in [0.4, 0.5) is 0 Å². The summed E-state index contributed by atoms with van der Waals surface area (Å²) in [6, 6.07) is 0. The lowest BCUT2D eigenvalue weighted by molar-refractivity contribution is 0.559. The van der Waals surface area contributed by atoms with Crippen LogP contribution in [0.2, 0.25) is 0 Å². The van der Waals surface area contributed by atoms with Crippen molar-refractivity contribution in [3.8, 4) is 0 Å². The van der Waals surface area contributed by atoms with Crippen molar-refractivity contribution < 1.29 is 8.76 Å². The van der Waals surface area contributed by atoms with Gasteiger partial charge in [-0.05, 0) is 25.2 Å². The van der Waals surface area contributed by atoms with Gasteiger partial charge in [0.05, 0.1) is 5.75 Å². The molecule has 0 spiro atoms. The molecule has 58 valence electrons. The monoisotopic (exact) mass is 160 g/mol. The molecule has 0 aromatic heterocycles. The molecule has 1 N–H and O–H groups in total. The fourth-order valence-electron chi connectivity index (χ4n) is 1.13. The zero-order valence-corrected chi connectivity index (χ0v) is 6.80. The van der Waals surface area contributed by atoms with Crippen molar-refractivity contribution in [3.63, 3.8) is 0 Å². The normalized spacial score (nSPS) is 34.6. The molecule has 1 fully saturated rings. The van der Waals surface area contributed by atoms with Crippen LogP contribution in [0.5, 0.6) is 0 Å². The Balaban J connectivity index is 2.19. The van der Waals surface area contributed by atoms with E-state index in [1.165, 1.54) is 0 Å². The summed E-state index contributed by atoms with van der Waals surface area (Å²) in [5.41, 5.74) is 0. The Labute approximate surface area is 63.6 Å². The maximum atomic E-state index is 10.3. The summed E-state index contributed by atoms with van der Waals surface area (Å²) < 4.78 is 18.8. The maximum absolute atomic E-state index is 10.3. The molecule has 1 aliphatic rings. The lowest BCUT2D eigenvalue weighted by Gasteiger charge is -1.88. The van der Waals surface area contributed by atoms with Crippen LogP contribution in [0.25, 0.3) is 0 Å². The van der Waals surface area contributed by atoms with Crippen LogP contribution in [-0.4, -0.2) is 14.5 Å². The van der Waals surface area contributed by atoms with Gasteiger partial charge in [-0.1, -0.05) is 12.2 Å². The molecule has 1 saturated carbocycles. The standard InChI is InChI=1S/C7H12O2S/c1-2-3-6-4-7(6)5-10(8)9/h2-3,6-7H,4-5H2,1H3,(H,8,9)/b3-2+/t6-,7+/m1/s1. The Morgan fingerprint density at radius 2 is 2.50 bits per heavy atom. The Kier molecular flexibility index (Phi) is 2.63. The molecule has 0 amide bonds. The summed E-state index contributed by atoms with van der Waals surface area (Å²) in [6.07, 6.45) is 5.21. The van der Waals surface area contributed by atoms with E-state index in [0.29, 0.717) is 17.6 Å². The van der Waals surface area contributed by atoms with Gasteiger partial charge in [-0.2, -0.15) is 0 Å². The van der Waals surface area contributed by atoms with Gasteiger partial charge in [-0.3, -0.25) is 0 Å². The predicted octanol–water partition coefficient (Wildman–Crippen LogP) is 1.42. The van der Waals surface area contributed by atoms with E-state index in [-0.39, 0.29) is 0 Å². The Morgan fingerprint density at radius 3 is 3.00 bits per heavy atom. The minimum absolute atomic E-state index is 0.453. The molecule has 0 radical (unpaired) electrons. The van der Waals surface area contributed by atoms with Gasteiger partial charge >= 0.3 is 0 Å². The Hall–Kier alpha value is -0.150. The van der Waals surface area contributed by atoms with Crippen molar-refractivity contribution in [3.05, 3.63) is 12.2 Å². The van der Waals surface area contributed by atoms with Crippen molar-refractivity contribution in [2.24, 2.45) is 11.8 Å². The second-order valence-electron chi connectivity index (χ2n) is 2.67. The second-order valence-corrected chi connectivity index (χ2v) is 3.65. The molecule has 2 nitrogen and oxygen atoms in total. The van der Waals surface area contributed by atoms with Crippen molar-refractivity contribution in [2.45, 2.75) is 13.3 Å². The van der Waals surface area contributed by atoms with Crippen molar-refractivity contribution >= 4 is 11.1 Å². The number of allylic oxidation sites excluding steroid dienone is 2. The molecular formula is C7H12O2S. The van der Waals surface area contributed by atoms with E-state index in [2.05, 4.69) is 6.08 Å². The quantitative estimate of drug-likeness (QED) is 0.501. The molecule has 0 aromatic rings. The minimum Gasteiger partial charge on any atom is -0.306 e. The molecule has 3 heteroatoms. The third kappa shape index (κ3) is 2.23. The molecular weight excluding hydrogens is 148 g/mol. The van der Waals surface area contributed by atoms with Gasteiger partial charge in [0.25, 0.3) is 0 Å². The number of rotatable bonds is 3. The molecule has 0 saturated heterocycles. The average Bonchev–Trinajstić information content (AvgIpc) is 2.47. The summed E-state index contributed by atoms with van der Waals surface area (Å²) in [5, 5.41) is 0. The predicted molar refractivity (Wildman–Crippen MR) is 42.0 cm³/mol. The molecule has 3 atom stereocenters. The van der Waals surface area contributed by atoms with E-state index in [1.54, 1.807) is 0 Å². The fraction of sp³-hybridized carbons (Fsp3) is 0.714. The first-order chi connectivity index (χ1) is 4.74. The highest BCUT2D eigenvalue weighted by molar-refractivity contribution is 7.79. The molecule has 0 bridgehead atoms. The summed E-state index contributed by atoms with van der Waals surface area (Å²) >= 11 is -1.59. The van der Waals surface area contributed by atoms with E-state index >= 15 is 0 Å². The lowest BCUT2D eigenvalue weighted by atomic mass is 10.3. The van der Waals surface area contributed by atoms with Gasteiger partial charge in [-0.15, -0.1) is 0 Å². The third-order valence-electron chi connectivity index (χ3n) is 1.77. The molecule has 1 unspecified atom stereocenters. The van der Waals surface area contributed by atoms with Gasteiger partial charge < -0.3 is 4.55 Å². The topological polar surface area (TPSA) is 37.3 Å². The van der Waals surface area contributed by atoms with E-state index in [1.807, 2.05) is 13.0 Å². The molecule has 10 heavy (non-hydrogen) atoms. The first-order valence-corrected chi connectivity index (χ1v) is 4.72. The highest BCUT2D eigenvalue weighted by Gasteiger charge is 2.35. The van der Waals surface area contributed by atoms with E-state index in [9.17, 15) is 4.21 Å². The third-order valence-corrected chi connectivity index (χ3v) is 2.49. The summed E-state index contributed by atoms with van der Waals surface area (Å²) in [6.45, 7) is 1.98. The Bertz CT molecular complexity index is 165. The zero-order valence-electron chi connectivity index (χ0n) is 5.99. The number of hydrogen-bond donors (Lipinski definition) is 1. The van der Waals surface area contributed by atoms with Crippen LogP contribution in [0.15, 0.2) is 12.2 Å². The van der Waals surface area contributed by atoms with Crippen LogP contribution < -0.4 is 0 Å². The number of hydrogen-bond acceptors (Lipinski definition) is 1. The van der Waals surface area contributed by atoms with E-state index in [4.69, 9.17) is 4.55 Å². The minimum atomic E-state index is -1.59. The highest BCUT2D eigenvalue weighted by Crippen LogP contribution is 2.39. The van der Waals surface area contributed by atoms with Gasteiger partial charge in [0.1, 0.15) is 0 Å². The van der Waals surface area contributed by atoms with Crippen molar-refractivity contribution in [2.75, 3.05) is 5.75 Å². The van der Waals surface area contributed by atoms with Crippen molar-refractivity contribution in [1.82, 2.24) is 0 Å². The summed E-state index contributed by atoms with van der Waals surface area (Å²) in [7, 11) is 0. The molecule has 1 aliphatic carbocycles. The van der Waals surface area contributed by atoms with Gasteiger partial charge in [0, 0.05) is 0 Å². The van der Waals surface area contributed by atoms with Gasteiger partial charge in [-0.25, -0.2) is 4.21 Å². The molecule has 0 aliphatic heterocycles. The summed E-state index contributed by atoms with van der Waals surface area (Å²) in [4.78, 5) is 0. The largest absolute Gasteiger partial charge is 0.306 e. The van der Waals surface area contributed by atoms with E-state index < -0.39 is 11.1 Å². The molecule has 1 rings (SSSR count). The van der Waals surface area contributed by atoms with Gasteiger partial charge in [0.2, 0.25) is 0 Å². The van der Waals surface area contributed by atoms with Crippen LogP contribution in [0.1, 0.15) is 13.3 Å². The Morgan fingerprint density at radius 1 is 1.80 bits per heavy atom. The van der Waals surface area contributed by atoms with Gasteiger partial charge in [0.15, 0.2) is 11.1 Å². The first kappa shape index (κ1) is 7.95. The zero-order chi connectivity index (χ0) is 7.56. The fourth-order valence-corrected chi connectivity index (χ4v) is 1.88. The summed E-state index contributed by atoms with van der Waals surface area (Å²) in [5.74, 6) is 1.51. The van der Waals surface area contributed by atoms with E-state index in [0.717, 1.165) is 6.42 Å². The lowest BCUT2D eigenvalue weighted by Crippen LogP contribution is -1.97. The first-order valence-electron chi connectivity index (χ1n) is 3.44.